The number of nitrogens with one attached hydrogen (secondary N) is 1. The lowest BCUT2D eigenvalue weighted by molar-refractivity contribution is 0.0957. The van der Waals surface area contributed by atoms with E-state index in [-0.39, 0.29) is 5.91 Å². The third kappa shape index (κ3) is 3.67. The Kier molecular flexibility index (Phi) is 5.61. The molecule has 0 bridgehead atoms. The number of hydrogen-bond donors (Lipinski definition) is 2. The molecule has 1 aliphatic carbocycles. The van der Waals surface area contributed by atoms with Gasteiger partial charge in [0, 0.05) is 10.6 Å². The van der Waals surface area contributed by atoms with Crippen molar-refractivity contribution >= 4 is 46.8 Å². The van der Waals surface area contributed by atoms with Crippen molar-refractivity contribution in [2.75, 3.05) is 6.26 Å². The Morgan fingerprint density at radius 3 is 2.92 bits per heavy atom. The molecule has 2 aromatic rings. The van der Waals surface area contributed by atoms with Gasteiger partial charge in [0.2, 0.25) is 0 Å². The monoisotopic (exact) mass is 380 g/mol. The second kappa shape index (κ2) is 7.70. The van der Waals surface area contributed by atoms with Crippen LogP contribution in [0, 0.1) is 0 Å². The van der Waals surface area contributed by atoms with Crippen molar-refractivity contribution in [3.63, 3.8) is 0 Å². The van der Waals surface area contributed by atoms with Gasteiger partial charge in [0.1, 0.15) is 0 Å². The lowest BCUT2D eigenvalue weighted by Crippen LogP contribution is -2.19. The summed E-state index contributed by atoms with van der Waals surface area (Å²) in [5.41, 5.74) is 5.35. The number of thioether (sulfide) groups is 1. The summed E-state index contributed by atoms with van der Waals surface area (Å²) < 4.78 is 1.02. The predicted molar refractivity (Wildman–Crippen MR) is 101 cm³/mol. The smallest absolute Gasteiger partial charge is 0.281 e. The van der Waals surface area contributed by atoms with Crippen molar-refractivity contribution in [2.24, 2.45) is 5.10 Å². The molecule has 0 unspecified atom stereocenters. The fraction of sp³-hybridized carbons (Fsp3) is 0.294. The van der Waals surface area contributed by atoms with Crippen LogP contribution in [0.25, 0.3) is 0 Å². The zero-order valence-corrected chi connectivity index (χ0v) is 15.5. The molecule has 0 saturated heterocycles. The third-order valence-electron chi connectivity index (χ3n) is 3.89. The van der Waals surface area contributed by atoms with Crippen molar-refractivity contribution < 1.29 is 9.90 Å². The molecule has 4 nitrogen and oxygen atoms in total. The maximum atomic E-state index is 12.5. The van der Waals surface area contributed by atoms with Gasteiger partial charge in [-0.1, -0.05) is 23.7 Å². The van der Waals surface area contributed by atoms with E-state index in [1.165, 1.54) is 11.3 Å². The first-order chi connectivity index (χ1) is 11.6. The quantitative estimate of drug-likeness (QED) is 0.473. The van der Waals surface area contributed by atoms with Crippen molar-refractivity contribution in [3.05, 3.63) is 50.9 Å². The van der Waals surface area contributed by atoms with Crippen molar-refractivity contribution in [1.29, 1.82) is 0 Å². The number of aliphatic hydroxyl groups excluding tert-OH is 1. The molecule has 24 heavy (non-hydrogen) atoms. The van der Waals surface area contributed by atoms with Crippen LogP contribution in [-0.4, -0.2) is 23.5 Å². The van der Waals surface area contributed by atoms with E-state index in [0.717, 1.165) is 40.2 Å². The number of fused-ring (bicyclic) bond motifs is 1. The molecule has 0 fully saturated rings. The molecule has 1 heterocycles. The number of benzene rings is 1. The Hall–Kier alpha value is -1.34. The topological polar surface area (TPSA) is 61.7 Å². The summed E-state index contributed by atoms with van der Waals surface area (Å²) in [5.74, 6) is -0.226. The first-order valence-corrected chi connectivity index (χ1v) is 9.98. The molecule has 126 valence electrons. The molecule has 0 aliphatic heterocycles. The minimum absolute atomic E-state index is 0.226. The molecule has 1 aromatic carbocycles. The van der Waals surface area contributed by atoms with Crippen LogP contribution in [0.4, 0.5) is 0 Å². The number of carbonyl (C=O) groups is 1. The highest BCUT2D eigenvalue weighted by atomic mass is 35.5. The van der Waals surface area contributed by atoms with Gasteiger partial charge in [-0.15, -0.1) is 23.1 Å². The molecule has 1 aliphatic rings. The molecular weight excluding hydrogens is 364 g/mol. The summed E-state index contributed by atoms with van der Waals surface area (Å²) in [7, 11) is 0. The van der Waals surface area contributed by atoms with Gasteiger partial charge in [0.25, 0.3) is 5.91 Å². The van der Waals surface area contributed by atoms with E-state index in [2.05, 4.69) is 10.5 Å². The molecule has 1 amide bonds. The highest BCUT2D eigenvalue weighted by Gasteiger charge is 2.29. The maximum Gasteiger partial charge on any atom is 0.281 e. The first kappa shape index (κ1) is 17.5. The minimum Gasteiger partial charge on any atom is -0.388 e. The van der Waals surface area contributed by atoms with Crippen LogP contribution in [-0.2, 0) is 6.42 Å². The van der Waals surface area contributed by atoms with Crippen LogP contribution in [0.3, 0.4) is 0 Å². The number of rotatable bonds is 4. The molecule has 3 rings (SSSR count). The molecule has 1 atom stereocenters. The van der Waals surface area contributed by atoms with Gasteiger partial charge < -0.3 is 5.11 Å². The normalized spacial score (nSPS) is 17.0. The maximum absolute atomic E-state index is 12.5. The van der Waals surface area contributed by atoms with Crippen molar-refractivity contribution in [2.45, 2.75) is 29.6 Å². The largest absolute Gasteiger partial charge is 0.388 e. The standard InChI is InChI=1S/C17H17ClN2O2S2/c1-23-17-14-12(3-2-4-13(14)21)15(24-17)16(22)20-19-9-10-5-7-11(18)8-6-10/h5-9,13,21H,2-4H2,1H3,(H,20,22)/b19-9-/t13-/m1/s1. The number of carbonyl (C=O) groups excluding carboxylic acids is 1. The fourth-order valence-electron chi connectivity index (χ4n) is 2.76. The zero-order chi connectivity index (χ0) is 17.1. The van der Waals surface area contributed by atoms with Crippen LogP contribution < -0.4 is 5.43 Å². The Balaban J connectivity index is 1.77. The summed E-state index contributed by atoms with van der Waals surface area (Å²) in [6, 6.07) is 7.19. The van der Waals surface area contributed by atoms with E-state index < -0.39 is 6.10 Å². The second-order valence-corrected chi connectivity index (χ2v) is 8.01. The lowest BCUT2D eigenvalue weighted by atomic mass is 9.91. The molecular formula is C17H17ClN2O2S2. The van der Waals surface area contributed by atoms with E-state index in [1.54, 1.807) is 30.1 Å². The number of aliphatic hydroxyl groups is 1. The Bertz CT molecular complexity index is 772. The van der Waals surface area contributed by atoms with E-state index >= 15 is 0 Å². The van der Waals surface area contributed by atoms with Crippen LogP contribution >= 0.6 is 34.7 Å². The van der Waals surface area contributed by atoms with Crippen molar-refractivity contribution in [1.82, 2.24) is 5.43 Å². The van der Waals surface area contributed by atoms with Gasteiger partial charge >= 0.3 is 0 Å². The van der Waals surface area contributed by atoms with Crippen LogP contribution in [0.2, 0.25) is 5.02 Å². The highest BCUT2D eigenvalue weighted by Crippen LogP contribution is 2.43. The summed E-state index contributed by atoms with van der Waals surface area (Å²) in [4.78, 5) is 13.1. The number of halogens is 1. The number of nitrogens with zero attached hydrogens (tertiary/aromatic N) is 1. The van der Waals surface area contributed by atoms with Crippen LogP contribution in [0.15, 0.2) is 33.6 Å². The molecule has 1 aromatic heterocycles. The van der Waals surface area contributed by atoms with Crippen LogP contribution in [0.1, 0.15) is 45.3 Å². The highest BCUT2D eigenvalue weighted by molar-refractivity contribution is 8.00. The first-order valence-electron chi connectivity index (χ1n) is 7.56. The third-order valence-corrected chi connectivity index (χ3v) is 6.53. The number of hydrazone groups is 1. The number of thiophene rings is 1. The number of hydrogen-bond acceptors (Lipinski definition) is 5. The van der Waals surface area contributed by atoms with E-state index in [1.807, 2.05) is 18.4 Å². The molecule has 2 N–H and O–H groups in total. The Morgan fingerprint density at radius 1 is 1.46 bits per heavy atom. The van der Waals surface area contributed by atoms with Gasteiger partial charge in [0.05, 0.1) is 21.4 Å². The summed E-state index contributed by atoms with van der Waals surface area (Å²) in [6.07, 6.45) is 5.56. The van der Waals surface area contributed by atoms with E-state index in [0.29, 0.717) is 9.90 Å². The number of amides is 1. The molecule has 0 spiro atoms. The van der Waals surface area contributed by atoms with Crippen LogP contribution in [0.5, 0.6) is 0 Å². The molecule has 7 heteroatoms. The average molecular weight is 381 g/mol. The SMILES string of the molecule is CSc1sc(C(=O)N/N=C\c2ccc(Cl)cc2)c2c1[C@H](O)CCC2. The zero-order valence-electron chi connectivity index (χ0n) is 13.1. The predicted octanol–water partition coefficient (Wildman–Crippen LogP) is 4.26. The Morgan fingerprint density at radius 2 is 2.21 bits per heavy atom. The van der Waals surface area contributed by atoms with Gasteiger partial charge in [-0.25, -0.2) is 5.43 Å². The minimum atomic E-state index is -0.466. The summed E-state index contributed by atoms with van der Waals surface area (Å²) in [6.45, 7) is 0. The summed E-state index contributed by atoms with van der Waals surface area (Å²) in [5, 5.41) is 14.9. The van der Waals surface area contributed by atoms with E-state index in [4.69, 9.17) is 11.6 Å². The Labute approximate surface area is 153 Å². The van der Waals surface area contributed by atoms with Crippen molar-refractivity contribution in [3.8, 4) is 0 Å². The molecule has 0 saturated carbocycles. The summed E-state index contributed by atoms with van der Waals surface area (Å²) >= 11 is 8.85. The average Bonchev–Trinajstić information content (AvgIpc) is 2.97. The van der Waals surface area contributed by atoms with Gasteiger partial charge in [-0.2, -0.15) is 5.10 Å². The lowest BCUT2D eigenvalue weighted by Gasteiger charge is -2.19. The van der Waals surface area contributed by atoms with Gasteiger partial charge in [-0.3, -0.25) is 4.79 Å². The second-order valence-electron chi connectivity index (χ2n) is 5.47. The molecule has 0 radical (unpaired) electrons. The van der Waals surface area contributed by atoms with Gasteiger partial charge in [0.15, 0.2) is 0 Å². The fourth-order valence-corrected chi connectivity index (χ4v) is 4.97. The van der Waals surface area contributed by atoms with Gasteiger partial charge in [-0.05, 0) is 48.8 Å². The van der Waals surface area contributed by atoms with E-state index in [9.17, 15) is 9.90 Å².